The number of hydrogen-bond acceptors (Lipinski definition) is 3. The Morgan fingerprint density at radius 2 is 2.21 bits per heavy atom. The van der Waals surface area contributed by atoms with Gasteiger partial charge < -0.3 is 10.2 Å². The lowest BCUT2D eigenvalue weighted by Crippen LogP contribution is -2.25. The quantitative estimate of drug-likeness (QED) is 0.834. The van der Waals surface area contributed by atoms with Gasteiger partial charge in [0.2, 0.25) is 11.8 Å². The molecule has 1 heterocycles. The molecule has 1 aromatic rings. The summed E-state index contributed by atoms with van der Waals surface area (Å²) in [6.45, 7) is 4.30. The number of amides is 2. The number of benzene rings is 1. The van der Waals surface area contributed by atoms with E-state index < -0.39 is 0 Å². The molecule has 19 heavy (non-hydrogen) atoms. The number of nitrogens with zero attached hydrogens (tertiary/aromatic N) is 1. The van der Waals surface area contributed by atoms with Gasteiger partial charge in [-0.05, 0) is 18.2 Å². The highest BCUT2D eigenvalue weighted by molar-refractivity contribution is 7.81. The van der Waals surface area contributed by atoms with E-state index in [9.17, 15) is 9.59 Å². The summed E-state index contributed by atoms with van der Waals surface area (Å²) < 4.78 is 0. The van der Waals surface area contributed by atoms with Crippen molar-refractivity contribution < 1.29 is 9.59 Å². The average Bonchev–Trinajstić information content (AvgIpc) is 2.68. The van der Waals surface area contributed by atoms with Crippen LogP contribution in [0.1, 0.15) is 20.3 Å². The summed E-state index contributed by atoms with van der Waals surface area (Å²) in [5, 5.41) is 2.92. The van der Waals surface area contributed by atoms with Crippen LogP contribution >= 0.6 is 12.6 Å². The lowest BCUT2D eigenvalue weighted by atomic mass is 10.2. The second kappa shape index (κ2) is 5.65. The molecule has 0 aliphatic carbocycles. The van der Waals surface area contributed by atoms with Crippen molar-refractivity contribution in [1.29, 1.82) is 0 Å². The molecule has 0 radical (unpaired) electrons. The van der Waals surface area contributed by atoms with Crippen molar-refractivity contribution in [2.75, 3.05) is 16.8 Å². The van der Waals surface area contributed by atoms with Crippen molar-refractivity contribution in [2.24, 2.45) is 5.92 Å². The average molecular weight is 278 g/mol. The predicted molar refractivity (Wildman–Crippen MR) is 79.7 cm³/mol. The van der Waals surface area contributed by atoms with Gasteiger partial charge in [-0.15, -0.1) is 0 Å². The lowest BCUT2D eigenvalue weighted by molar-refractivity contribution is -0.119. The Balaban J connectivity index is 2.15. The Morgan fingerprint density at radius 1 is 1.47 bits per heavy atom. The molecule has 1 atom stereocenters. The van der Waals surface area contributed by atoms with Gasteiger partial charge in [-0.1, -0.05) is 19.9 Å². The van der Waals surface area contributed by atoms with Crippen LogP contribution < -0.4 is 10.2 Å². The van der Waals surface area contributed by atoms with Crippen molar-refractivity contribution in [3.05, 3.63) is 24.3 Å². The molecular formula is C14H18N2O2S. The minimum atomic E-state index is -0.0705. The third-order valence-corrected chi connectivity index (χ3v) is 3.40. The van der Waals surface area contributed by atoms with Gasteiger partial charge in [0.25, 0.3) is 0 Å². The number of rotatable bonds is 3. The minimum Gasteiger partial charge on any atom is -0.326 e. The zero-order valence-electron chi connectivity index (χ0n) is 11.1. The van der Waals surface area contributed by atoms with Gasteiger partial charge in [0.1, 0.15) is 0 Å². The normalized spacial score (nSPS) is 19.1. The van der Waals surface area contributed by atoms with Crippen molar-refractivity contribution in [1.82, 2.24) is 0 Å². The number of thiol groups is 1. The zero-order valence-corrected chi connectivity index (χ0v) is 12.0. The van der Waals surface area contributed by atoms with Gasteiger partial charge in [0.05, 0.1) is 0 Å². The Morgan fingerprint density at radius 3 is 2.79 bits per heavy atom. The molecule has 0 spiro atoms. The summed E-state index contributed by atoms with van der Waals surface area (Å²) in [7, 11) is 0. The van der Waals surface area contributed by atoms with Crippen molar-refractivity contribution in [3.63, 3.8) is 0 Å². The van der Waals surface area contributed by atoms with Gasteiger partial charge in [0.15, 0.2) is 0 Å². The van der Waals surface area contributed by atoms with Crippen LogP contribution in [0.15, 0.2) is 24.3 Å². The summed E-state index contributed by atoms with van der Waals surface area (Å²) in [6.07, 6.45) is 0.464. The maximum Gasteiger partial charge on any atom is 0.228 e. The maximum atomic E-state index is 11.8. The summed E-state index contributed by atoms with van der Waals surface area (Å²) >= 11 is 4.34. The largest absolute Gasteiger partial charge is 0.326 e. The van der Waals surface area contributed by atoms with E-state index in [2.05, 4.69) is 17.9 Å². The van der Waals surface area contributed by atoms with Gasteiger partial charge in [-0.25, -0.2) is 0 Å². The summed E-state index contributed by atoms with van der Waals surface area (Å²) in [4.78, 5) is 25.2. The van der Waals surface area contributed by atoms with Crippen LogP contribution in [-0.2, 0) is 9.59 Å². The number of carbonyl (C=O) groups is 2. The fourth-order valence-corrected chi connectivity index (χ4v) is 2.30. The summed E-state index contributed by atoms with van der Waals surface area (Å²) in [5.74, 6) is -0.0248. The molecule has 1 unspecified atom stereocenters. The monoisotopic (exact) mass is 278 g/mol. The van der Waals surface area contributed by atoms with Crippen molar-refractivity contribution >= 4 is 35.8 Å². The maximum absolute atomic E-state index is 11.8. The molecule has 1 saturated heterocycles. The van der Waals surface area contributed by atoms with Crippen molar-refractivity contribution in [3.8, 4) is 0 Å². The Labute approximate surface area is 118 Å². The molecule has 0 saturated carbocycles. The highest BCUT2D eigenvalue weighted by Crippen LogP contribution is 2.26. The molecule has 2 rings (SSSR count). The molecule has 1 aliphatic heterocycles. The molecule has 2 amide bonds. The first-order valence-corrected chi connectivity index (χ1v) is 6.88. The lowest BCUT2D eigenvalue weighted by Gasteiger charge is -2.17. The van der Waals surface area contributed by atoms with Crippen LogP contribution in [0.2, 0.25) is 0 Å². The molecule has 4 nitrogen and oxygen atoms in total. The topological polar surface area (TPSA) is 49.4 Å². The molecule has 1 aromatic carbocycles. The van der Waals surface area contributed by atoms with E-state index >= 15 is 0 Å². The standard InChI is InChI=1S/C14H18N2O2S/c1-9(2)14(18)15-10-4-3-5-11(6-10)16-8-12(19)7-13(16)17/h3-6,9,12,19H,7-8H2,1-2H3,(H,15,18). The van der Waals surface area contributed by atoms with Gasteiger partial charge >= 0.3 is 0 Å². The van der Waals surface area contributed by atoms with E-state index in [4.69, 9.17) is 0 Å². The fraction of sp³-hybridized carbons (Fsp3) is 0.429. The fourth-order valence-electron chi connectivity index (χ4n) is 1.98. The van der Waals surface area contributed by atoms with Crippen LogP contribution in [0.4, 0.5) is 11.4 Å². The molecule has 0 bridgehead atoms. The molecule has 5 heteroatoms. The number of anilines is 2. The van der Waals surface area contributed by atoms with Crippen LogP contribution in [0.25, 0.3) is 0 Å². The van der Waals surface area contributed by atoms with Crippen LogP contribution in [0.3, 0.4) is 0 Å². The second-order valence-electron chi connectivity index (χ2n) is 5.06. The SMILES string of the molecule is CC(C)C(=O)Nc1cccc(N2CC(S)CC2=O)c1. The van der Waals surface area contributed by atoms with E-state index in [0.717, 1.165) is 5.69 Å². The van der Waals surface area contributed by atoms with Gasteiger partial charge in [-0.2, -0.15) is 12.6 Å². The molecular weight excluding hydrogens is 260 g/mol. The highest BCUT2D eigenvalue weighted by Gasteiger charge is 2.28. The predicted octanol–water partition coefficient (Wildman–Crippen LogP) is 2.32. The van der Waals surface area contributed by atoms with E-state index in [1.54, 1.807) is 4.90 Å². The molecule has 1 N–H and O–H groups in total. The van der Waals surface area contributed by atoms with Gasteiger partial charge in [-0.3, -0.25) is 9.59 Å². The minimum absolute atomic E-state index is 0.0306. The number of carbonyl (C=O) groups excluding carboxylic acids is 2. The van der Waals surface area contributed by atoms with Crippen LogP contribution in [-0.4, -0.2) is 23.6 Å². The van der Waals surface area contributed by atoms with Gasteiger partial charge in [0, 0.05) is 35.5 Å². The number of nitrogens with one attached hydrogen (secondary N) is 1. The molecule has 102 valence electrons. The molecule has 1 aliphatic rings. The first kappa shape index (κ1) is 13.9. The van der Waals surface area contributed by atoms with E-state index in [0.29, 0.717) is 18.7 Å². The summed E-state index contributed by atoms with van der Waals surface area (Å²) in [5.41, 5.74) is 1.52. The van der Waals surface area contributed by atoms with E-state index in [1.807, 2.05) is 38.1 Å². The smallest absolute Gasteiger partial charge is 0.228 e. The second-order valence-corrected chi connectivity index (χ2v) is 5.79. The Kier molecular flexibility index (Phi) is 4.14. The Hall–Kier alpha value is -1.49. The highest BCUT2D eigenvalue weighted by atomic mass is 32.1. The zero-order chi connectivity index (χ0) is 14.0. The van der Waals surface area contributed by atoms with E-state index in [-0.39, 0.29) is 23.0 Å². The number of hydrogen-bond donors (Lipinski definition) is 2. The van der Waals surface area contributed by atoms with Crippen LogP contribution in [0.5, 0.6) is 0 Å². The first-order chi connectivity index (χ1) is 8.97. The summed E-state index contributed by atoms with van der Waals surface area (Å²) in [6, 6.07) is 7.35. The van der Waals surface area contributed by atoms with E-state index in [1.165, 1.54) is 0 Å². The third kappa shape index (κ3) is 3.29. The molecule has 0 aromatic heterocycles. The third-order valence-electron chi connectivity index (χ3n) is 3.05. The Bertz CT molecular complexity index is 502. The van der Waals surface area contributed by atoms with Crippen molar-refractivity contribution in [2.45, 2.75) is 25.5 Å². The van der Waals surface area contributed by atoms with Crippen LogP contribution in [0, 0.1) is 5.92 Å². The molecule has 1 fully saturated rings. The first-order valence-electron chi connectivity index (χ1n) is 6.36.